The van der Waals surface area contributed by atoms with Crippen LogP contribution in [-0.4, -0.2) is 37.0 Å². The Kier molecular flexibility index (Phi) is 4.43. The summed E-state index contributed by atoms with van der Waals surface area (Å²) in [5, 5.41) is 12.6. The molecule has 114 valence electrons. The highest BCUT2D eigenvalue weighted by Gasteiger charge is 2.17. The molecule has 0 bridgehead atoms. The van der Waals surface area contributed by atoms with E-state index in [1.807, 2.05) is 0 Å². The second-order valence-electron chi connectivity index (χ2n) is 4.12. The topological polar surface area (TPSA) is 93.5 Å². The van der Waals surface area contributed by atoms with Crippen molar-refractivity contribution in [3.8, 4) is 5.75 Å². The third-order valence-corrected chi connectivity index (χ3v) is 3.99. The van der Waals surface area contributed by atoms with Gasteiger partial charge in [0, 0.05) is 12.3 Å². The summed E-state index contributed by atoms with van der Waals surface area (Å²) in [4.78, 5) is -0.0563. The van der Waals surface area contributed by atoms with Crippen LogP contribution in [-0.2, 0) is 16.6 Å². The molecule has 1 aromatic carbocycles. The fraction of sp³-hybridized carbons (Fsp3) is 0.250. The van der Waals surface area contributed by atoms with E-state index in [0.717, 1.165) is 6.07 Å². The highest BCUT2D eigenvalue weighted by molar-refractivity contribution is 7.92. The van der Waals surface area contributed by atoms with Crippen LogP contribution in [0.3, 0.4) is 0 Å². The molecule has 0 radical (unpaired) electrons. The summed E-state index contributed by atoms with van der Waals surface area (Å²) in [6.07, 6.45) is 2.46. The Balaban J connectivity index is 2.24. The molecule has 0 saturated heterocycles. The van der Waals surface area contributed by atoms with Crippen LogP contribution in [0, 0.1) is 5.82 Å². The number of aliphatic hydroxyl groups is 1. The maximum atomic E-state index is 13.3. The van der Waals surface area contributed by atoms with Crippen molar-refractivity contribution in [2.45, 2.75) is 11.4 Å². The first-order valence-corrected chi connectivity index (χ1v) is 7.44. The zero-order valence-electron chi connectivity index (χ0n) is 11.2. The van der Waals surface area contributed by atoms with E-state index >= 15 is 0 Å². The number of rotatable bonds is 6. The summed E-state index contributed by atoms with van der Waals surface area (Å²) in [5.41, 5.74) is 0.170. The third-order valence-electron chi connectivity index (χ3n) is 2.65. The minimum atomic E-state index is -3.84. The summed E-state index contributed by atoms with van der Waals surface area (Å²) in [7, 11) is -2.55. The molecular weight excluding hydrogens is 301 g/mol. The van der Waals surface area contributed by atoms with Gasteiger partial charge in [0.2, 0.25) is 0 Å². The maximum Gasteiger partial charge on any atom is 0.265 e. The van der Waals surface area contributed by atoms with E-state index < -0.39 is 15.8 Å². The number of aliphatic hydroxyl groups excluding tert-OH is 1. The molecule has 0 aliphatic carbocycles. The lowest BCUT2D eigenvalue weighted by Gasteiger charge is -2.08. The van der Waals surface area contributed by atoms with Crippen LogP contribution in [0.5, 0.6) is 5.75 Å². The Bertz CT molecular complexity index is 730. The van der Waals surface area contributed by atoms with E-state index in [2.05, 4.69) is 9.82 Å². The molecule has 0 aliphatic heterocycles. The Morgan fingerprint density at radius 3 is 2.90 bits per heavy atom. The highest BCUT2D eigenvalue weighted by atomic mass is 32.2. The molecule has 1 heterocycles. The second-order valence-corrected chi connectivity index (χ2v) is 5.80. The standard InChI is InChI=1S/C12H14FN3O4S/c1-20-12-6-9(2-3-11(12)13)15-21(18,19)10-7-14-16(8-10)4-5-17/h2-3,6-8,15,17H,4-5H2,1H3. The lowest BCUT2D eigenvalue weighted by Crippen LogP contribution is -2.12. The van der Waals surface area contributed by atoms with E-state index in [1.165, 1.54) is 36.3 Å². The van der Waals surface area contributed by atoms with Gasteiger partial charge in [-0.3, -0.25) is 9.40 Å². The Morgan fingerprint density at radius 1 is 1.48 bits per heavy atom. The van der Waals surface area contributed by atoms with Gasteiger partial charge in [-0.15, -0.1) is 0 Å². The molecular formula is C12H14FN3O4S. The summed E-state index contributed by atoms with van der Waals surface area (Å²) in [6.45, 7) is 0.0453. The van der Waals surface area contributed by atoms with Gasteiger partial charge in [-0.25, -0.2) is 12.8 Å². The van der Waals surface area contributed by atoms with Gasteiger partial charge in [-0.1, -0.05) is 0 Å². The van der Waals surface area contributed by atoms with Crippen LogP contribution in [0.4, 0.5) is 10.1 Å². The Hall–Kier alpha value is -2.13. The predicted molar refractivity (Wildman–Crippen MR) is 73.1 cm³/mol. The van der Waals surface area contributed by atoms with Crippen molar-refractivity contribution in [1.82, 2.24) is 9.78 Å². The largest absolute Gasteiger partial charge is 0.494 e. The number of methoxy groups -OCH3 is 1. The van der Waals surface area contributed by atoms with E-state index in [4.69, 9.17) is 9.84 Å². The average molecular weight is 315 g/mol. The van der Waals surface area contributed by atoms with Crippen LogP contribution in [0.2, 0.25) is 0 Å². The third kappa shape index (κ3) is 3.50. The lowest BCUT2D eigenvalue weighted by molar-refractivity contribution is 0.269. The molecule has 0 fully saturated rings. The maximum absolute atomic E-state index is 13.3. The van der Waals surface area contributed by atoms with Crippen molar-refractivity contribution < 1.29 is 22.7 Å². The van der Waals surface area contributed by atoms with Crippen molar-refractivity contribution in [1.29, 1.82) is 0 Å². The minimum absolute atomic E-state index is 0.0563. The van der Waals surface area contributed by atoms with Gasteiger partial charge in [0.25, 0.3) is 10.0 Å². The first-order chi connectivity index (χ1) is 9.96. The van der Waals surface area contributed by atoms with Crippen LogP contribution in [0.15, 0.2) is 35.5 Å². The van der Waals surface area contributed by atoms with Crippen molar-refractivity contribution in [3.05, 3.63) is 36.4 Å². The van der Waals surface area contributed by atoms with Gasteiger partial charge in [0.15, 0.2) is 11.6 Å². The van der Waals surface area contributed by atoms with Gasteiger partial charge in [-0.2, -0.15) is 5.10 Å². The summed E-state index contributed by atoms with van der Waals surface area (Å²) < 4.78 is 46.0. The normalized spacial score (nSPS) is 11.4. The average Bonchev–Trinajstić information content (AvgIpc) is 2.91. The second kappa shape index (κ2) is 6.10. The molecule has 2 N–H and O–H groups in total. The van der Waals surface area contributed by atoms with E-state index in [9.17, 15) is 12.8 Å². The number of anilines is 1. The first-order valence-electron chi connectivity index (χ1n) is 5.96. The number of nitrogens with zero attached hydrogens (tertiary/aromatic N) is 2. The molecule has 0 atom stereocenters. The van der Waals surface area contributed by atoms with Gasteiger partial charge in [0.05, 0.1) is 32.1 Å². The van der Waals surface area contributed by atoms with Crippen molar-refractivity contribution in [2.24, 2.45) is 0 Å². The summed E-state index contributed by atoms with van der Waals surface area (Å²) >= 11 is 0. The van der Waals surface area contributed by atoms with E-state index in [0.29, 0.717) is 0 Å². The van der Waals surface area contributed by atoms with Crippen LogP contribution < -0.4 is 9.46 Å². The molecule has 9 heteroatoms. The lowest BCUT2D eigenvalue weighted by atomic mass is 10.3. The van der Waals surface area contributed by atoms with Gasteiger partial charge in [-0.05, 0) is 12.1 Å². The number of aromatic nitrogens is 2. The fourth-order valence-electron chi connectivity index (χ4n) is 1.65. The van der Waals surface area contributed by atoms with Gasteiger partial charge >= 0.3 is 0 Å². The Labute approximate surface area is 121 Å². The van der Waals surface area contributed by atoms with Crippen molar-refractivity contribution in [2.75, 3.05) is 18.4 Å². The molecule has 2 aromatic rings. The number of hydrogen-bond donors (Lipinski definition) is 2. The van der Waals surface area contributed by atoms with Gasteiger partial charge < -0.3 is 9.84 Å². The minimum Gasteiger partial charge on any atom is -0.494 e. The molecule has 0 aliphatic rings. The quantitative estimate of drug-likeness (QED) is 0.823. The van der Waals surface area contributed by atoms with Crippen molar-refractivity contribution in [3.63, 3.8) is 0 Å². The van der Waals surface area contributed by atoms with Crippen LogP contribution in [0.1, 0.15) is 0 Å². The zero-order chi connectivity index (χ0) is 15.5. The molecule has 0 unspecified atom stereocenters. The molecule has 0 spiro atoms. The van der Waals surface area contributed by atoms with Crippen LogP contribution >= 0.6 is 0 Å². The number of hydrogen-bond acceptors (Lipinski definition) is 5. The number of benzene rings is 1. The van der Waals surface area contributed by atoms with E-state index in [-0.39, 0.29) is 29.5 Å². The molecule has 1 aromatic heterocycles. The first kappa shape index (κ1) is 15.3. The molecule has 0 amide bonds. The summed E-state index contributed by atoms with van der Waals surface area (Å²) in [5.74, 6) is -0.651. The highest BCUT2D eigenvalue weighted by Crippen LogP contribution is 2.23. The van der Waals surface area contributed by atoms with Crippen LogP contribution in [0.25, 0.3) is 0 Å². The molecule has 0 saturated carbocycles. The zero-order valence-corrected chi connectivity index (χ0v) is 12.0. The van der Waals surface area contributed by atoms with Gasteiger partial charge in [0.1, 0.15) is 4.90 Å². The molecule has 21 heavy (non-hydrogen) atoms. The number of ether oxygens (including phenoxy) is 1. The van der Waals surface area contributed by atoms with E-state index in [1.54, 1.807) is 0 Å². The smallest absolute Gasteiger partial charge is 0.265 e. The SMILES string of the molecule is COc1cc(NS(=O)(=O)c2cnn(CCO)c2)ccc1F. The summed E-state index contributed by atoms with van der Waals surface area (Å²) in [6, 6.07) is 3.63. The molecule has 7 nitrogen and oxygen atoms in total. The number of nitrogens with one attached hydrogen (secondary N) is 1. The predicted octanol–water partition coefficient (Wildman–Crippen LogP) is 0.824. The Morgan fingerprint density at radius 2 is 2.24 bits per heavy atom. The monoisotopic (exact) mass is 315 g/mol. The fourth-order valence-corrected chi connectivity index (χ4v) is 2.65. The number of sulfonamides is 1. The number of halogens is 1. The van der Waals surface area contributed by atoms with Crippen molar-refractivity contribution >= 4 is 15.7 Å². The molecule has 2 rings (SSSR count).